The second-order valence-corrected chi connectivity index (χ2v) is 6.87. The summed E-state index contributed by atoms with van der Waals surface area (Å²) in [6, 6.07) is 16.3. The van der Waals surface area contributed by atoms with Crippen LogP contribution in [0.4, 0.5) is 27.5 Å². The van der Waals surface area contributed by atoms with E-state index in [1.54, 1.807) is 30.6 Å². The second-order valence-electron chi connectivity index (χ2n) is 6.87. The van der Waals surface area contributed by atoms with Crippen molar-refractivity contribution in [2.75, 3.05) is 21.3 Å². The summed E-state index contributed by atoms with van der Waals surface area (Å²) in [6.45, 7) is 0. The van der Waals surface area contributed by atoms with Crippen LogP contribution in [0.5, 0.6) is 0 Å². The molecule has 0 saturated carbocycles. The largest absolute Gasteiger partial charge is 0.354 e. The Bertz CT molecular complexity index is 1230. The Hall–Kier alpha value is -4.39. The number of carbonyl (C=O) groups is 2. The standard InChI is InChI=1S/C23H17N5O2/c29-22-21(17-5-1-2-6-19(17)28-22)20-9-7-14-12-15(8-10-18(14)27-20)25-23(30)26-16-4-3-11-24-13-16/h1-13,27H,(H,28,29)(H2,25,26,30). The van der Waals surface area contributed by atoms with Crippen LogP contribution in [0.25, 0.3) is 11.6 Å². The highest BCUT2D eigenvalue weighted by atomic mass is 16.2. The van der Waals surface area contributed by atoms with Gasteiger partial charge in [-0.25, -0.2) is 4.79 Å². The molecule has 2 aromatic carbocycles. The molecule has 0 atom stereocenters. The smallest absolute Gasteiger partial charge is 0.323 e. The molecule has 0 aliphatic carbocycles. The lowest BCUT2D eigenvalue weighted by Gasteiger charge is -2.18. The number of carbonyl (C=O) groups excluding carboxylic acids is 2. The molecule has 4 N–H and O–H groups in total. The van der Waals surface area contributed by atoms with E-state index in [-0.39, 0.29) is 11.9 Å². The molecule has 3 aromatic rings. The van der Waals surface area contributed by atoms with E-state index in [1.165, 1.54) is 0 Å². The number of anilines is 4. The molecule has 2 aliphatic rings. The fourth-order valence-electron chi connectivity index (χ4n) is 3.51. The monoisotopic (exact) mass is 395 g/mol. The predicted molar refractivity (Wildman–Crippen MR) is 118 cm³/mol. The van der Waals surface area contributed by atoms with Gasteiger partial charge in [-0.1, -0.05) is 24.3 Å². The number of allylic oxidation sites excluding steroid dienone is 1. The van der Waals surface area contributed by atoms with E-state index >= 15 is 0 Å². The Labute approximate surface area is 172 Å². The Morgan fingerprint density at radius 1 is 0.867 bits per heavy atom. The van der Waals surface area contributed by atoms with E-state index in [0.29, 0.717) is 16.9 Å². The molecule has 3 amide bonds. The maximum Gasteiger partial charge on any atom is 0.323 e. The van der Waals surface area contributed by atoms with Gasteiger partial charge in [-0.15, -0.1) is 0 Å². The zero-order valence-corrected chi connectivity index (χ0v) is 15.8. The van der Waals surface area contributed by atoms with Crippen LogP contribution in [0.15, 0.2) is 78.8 Å². The first-order valence-corrected chi connectivity index (χ1v) is 9.39. The van der Waals surface area contributed by atoms with Gasteiger partial charge in [0.1, 0.15) is 0 Å². The Balaban J connectivity index is 1.37. The van der Waals surface area contributed by atoms with Crippen molar-refractivity contribution < 1.29 is 9.59 Å². The fraction of sp³-hybridized carbons (Fsp3) is 0. The molecule has 2 aliphatic heterocycles. The van der Waals surface area contributed by atoms with Crippen LogP contribution in [-0.4, -0.2) is 16.9 Å². The lowest BCUT2D eigenvalue weighted by molar-refractivity contribution is -0.110. The molecule has 30 heavy (non-hydrogen) atoms. The van der Waals surface area contributed by atoms with Crippen LogP contribution in [0.1, 0.15) is 11.1 Å². The van der Waals surface area contributed by atoms with Crippen molar-refractivity contribution in [3.63, 3.8) is 0 Å². The van der Waals surface area contributed by atoms with Gasteiger partial charge in [0.25, 0.3) is 5.91 Å². The van der Waals surface area contributed by atoms with Crippen LogP contribution < -0.4 is 21.3 Å². The molecule has 146 valence electrons. The quantitative estimate of drug-likeness (QED) is 0.480. The molecule has 0 spiro atoms. The van der Waals surface area contributed by atoms with Crippen molar-refractivity contribution in [1.82, 2.24) is 4.98 Å². The minimum absolute atomic E-state index is 0.128. The number of hydrogen-bond donors (Lipinski definition) is 4. The second kappa shape index (κ2) is 7.21. The van der Waals surface area contributed by atoms with E-state index in [9.17, 15) is 9.59 Å². The molecular weight excluding hydrogens is 378 g/mol. The summed E-state index contributed by atoms with van der Waals surface area (Å²) in [5.74, 6) is -0.128. The Morgan fingerprint density at radius 2 is 1.73 bits per heavy atom. The number of amides is 3. The minimum Gasteiger partial charge on any atom is -0.354 e. The Kier molecular flexibility index (Phi) is 4.25. The van der Waals surface area contributed by atoms with Gasteiger partial charge in [-0.05, 0) is 42.5 Å². The number of para-hydroxylation sites is 1. The summed E-state index contributed by atoms with van der Waals surface area (Å²) < 4.78 is 0. The zero-order chi connectivity index (χ0) is 20.5. The van der Waals surface area contributed by atoms with E-state index in [0.717, 1.165) is 28.2 Å². The van der Waals surface area contributed by atoms with E-state index in [2.05, 4.69) is 26.3 Å². The third-order valence-corrected chi connectivity index (χ3v) is 4.87. The summed E-state index contributed by atoms with van der Waals surface area (Å²) in [7, 11) is 0. The van der Waals surface area contributed by atoms with Crippen LogP contribution in [0.2, 0.25) is 0 Å². The Morgan fingerprint density at radius 3 is 2.60 bits per heavy atom. The van der Waals surface area contributed by atoms with Crippen molar-refractivity contribution in [3.8, 4) is 0 Å². The number of urea groups is 1. The van der Waals surface area contributed by atoms with Gasteiger partial charge in [-0.2, -0.15) is 0 Å². The van der Waals surface area contributed by atoms with Gasteiger partial charge < -0.3 is 21.3 Å². The number of benzene rings is 2. The maximum absolute atomic E-state index is 12.5. The molecular formula is C23H17N5O2. The predicted octanol–water partition coefficient (Wildman–Crippen LogP) is 4.53. The molecule has 0 bridgehead atoms. The lowest BCUT2D eigenvalue weighted by atomic mass is 10.0. The number of pyridine rings is 1. The maximum atomic E-state index is 12.5. The van der Waals surface area contributed by atoms with Crippen LogP contribution in [0.3, 0.4) is 0 Å². The number of rotatable bonds is 2. The fourth-order valence-corrected chi connectivity index (χ4v) is 3.51. The van der Waals surface area contributed by atoms with Gasteiger partial charge in [0.15, 0.2) is 0 Å². The molecule has 3 heterocycles. The van der Waals surface area contributed by atoms with Crippen molar-refractivity contribution >= 4 is 46.3 Å². The molecule has 7 nitrogen and oxygen atoms in total. The van der Waals surface area contributed by atoms with Crippen molar-refractivity contribution in [2.24, 2.45) is 0 Å². The first kappa shape index (κ1) is 17.7. The molecule has 0 fully saturated rings. The number of hydrogen-bond acceptors (Lipinski definition) is 4. The first-order chi connectivity index (χ1) is 14.7. The minimum atomic E-state index is -0.349. The van der Waals surface area contributed by atoms with E-state index in [1.807, 2.05) is 48.6 Å². The van der Waals surface area contributed by atoms with Gasteiger partial charge in [-0.3, -0.25) is 9.78 Å². The van der Waals surface area contributed by atoms with Crippen molar-refractivity contribution in [3.05, 3.63) is 89.9 Å². The van der Waals surface area contributed by atoms with E-state index < -0.39 is 0 Å². The van der Waals surface area contributed by atoms with Gasteiger partial charge in [0, 0.05) is 34.4 Å². The summed E-state index contributed by atoms with van der Waals surface area (Å²) >= 11 is 0. The average molecular weight is 395 g/mol. The van der Waals surface area contributed by atoms with Crippen LogP contribution in [-0.2, 0) is 4.79 Å². The third-order valence-electron chi connectivity index (χ3n) is 4.87. The number of nitrogens with one attached hydrogen (secondary N) is 4. The van der Waals surface area contributed by atoms with Gasteiger partial charge >= 0.3 is 6.03 Å². The zero-order valence-electron chi connectivity index (χ0n) is 15.8. The molecule has 0 unspecified atom stereocenters. The normalized spacial score (nSPS) is 16.2. The molecule has 0 saturated heterocycles. The molecule has 0 radical (unpaired) electrons. The summed E-state index contributed by atoms with van der Waals surface area (Å²) in [5.41, 5.74) is 6.07. The average Bonchev–Trinajstić information content (AvgIpc) is 3.09. The molecule has 7 heteroatoms. The molecule has 5 rings (SSSR count). The highest BCUT2D eigenvalue weighted by molar-refractivity contribution is 6.33. The van der Waals surface area contributed by atoms with Crippen LogP contribution >= 0.6 is 0 Å². The number of fused-ring (bicyclic) bond motifs is 2. The summed E-state index contributed by atoms with van der Waals surface area (Å²) in [6.07, 6.45) is 7.01. The first-order valence-electron chi connectivity index (χ1n) is 9.39. The summed E-state index contributed by atoms with van der Waals surface area (Å²) in [4.78, 5) is 28.6. The molecule has 1 aromatic heterocycles. The van der Waals surface area contributed by atoms with Gasteiger partial charge in [0.2, 0.25) is 0 Å². The van der Waals surface area contributed by atoms with Crippen molar-refractivity contribution in [2.45, 2.75) is 0 Å². The SMILES string of the molecule is O=C(Nc1cccnc1)Nc1ccc2c(c1)C=CC(=C1C(=O)Nc3ccccc31)N2. The van der Waals surface area contributed by atoms with Crippen molar-refractivity contribution in [1.29, 1.82) is 0 Å². The number of aromatic nitrogens is 1. The van der Waals surface area contributed by atoms with Gasteiger partial charge in [0.05, 0.1) is 23.2 Å². The topological polar surface area (TPSA) is 95.2 Å². The lowest BCUT2D eigenvalue weighted by Crippen LogP contribution is -2.19. The summed E-state index contributed by atoms with van der Waals surface area (Å²) in [5, 5.41) is 11.8. The third kappa shape index (κ3) is 3.29. The highest BCUT2D eigenvalue weighted by Crippen LogP contribution is 2.37. The number of nitrogens with zero attached hydrogens (tertiary/aromatic N) is 1. The van der Waals surface area contributed by atoms with E-state index in [4.69, 9.17) is 0 Å². The highest BCUT2D eigenvalue weighted by Gasteiger charge is 2.27. The van der Waals surface area contributed by atoms with Crippen LogP contribution in [0, 0.1) is 0 Å².